The predicted molar refractivity (Wildman–Crippen MR) is 81.1 cm³/mol. The van der Waals surface area contributed by atoms with Crippen LogP contribution < -0.4 is 10.1 Å². The van der Waals surface area contributed by atoms with Gasteiger partial charge in [0, 0.05) is 17.6 Å². The quantitative estimate of drug-likeness (QED) is 0.916. The summed E-state index contributed by atoms with van der Waals surface area (Å²) in [4.78, 5) is 0. The van der Waals surface area contributed by atoms with Crippen LogP contribution in [-0.4, -0.2) is 15.9 Å². The van der Waals surface area contributed by atoms with Gasteiger partial charge in [-0.05, 0) is 40.7 Å². The molecule has 5 heteroatoms. The van der Waals surface area contributed by atoms with Crippen LogP contribution in [-0.2, 0) is 13.2 Å². The summed E-state index contributed by atoms with van der Waals surface area (Å²) in [6.45, 7) is 11.5. The number of hydrogen-bond donors (Lipinski definition) is 1. The third-order valence-electron chi connectivity index (χ3n) is 3.14. The van der Waals surface area contributed by atoms with Gasteiger partial charge < -0.3 is 10.1 Å². The van der Waals surface area contributed by atoms with Gasteiger partial charge >= 0.3 is 0 Å². The molecule has 2 rings (SSSR count). The Kier molecular flexibility index (Phi) is 4.63. The zero-order chi connectivity index (χ0) is 15.5. The fourth-order valence-electron chi connectivity index (χ4n) is 1.87. The first kappa shape index (κ1) is 15.5. The molecule has 21 heavy (non-hydrogen) atoms. The zero-order valence-corrected chi connectivity index (χ0v) is 13.4. The molecule has 1 aromatic heterocycles. The van der Waals surface area contributed by atoms with E-state index in [4.69, 9.17) is 4.74 Å². The molecular weight excluding hydrogens is 266 g/mol. The Hall–Kier alpha value is -1.88. The molecule has 0 unspecified atom stereocenters. The summed E-state index contributed by atoms with van der Waals surface area (Å²) in [6, 6.07) is 6.18. The highest BCUT2D eigenvalue weighted by atomic mass is 16.6. The first-order valence-corrected chi connectivity index (χ1v) is 7.10. The highest BCUT2D eigenvalue weighted by Crippen LogP contribution is 2.22. The third kappa shape index (κ3) is 4.56. The summed E-state index contributed by atoms with van der Waals surface area (Å²) in [7, 11) is 0. The van der Waals surface area contributed by atoms with Crippen LogP contribution >= 0.6 is 0 Å². The van der Waals surface area contributed by atoms with Crippen molar-refractivity contribution < 1.29 is 9.37 Å². The smallest absolute Gasteiger partial charge is 0.145 e. The van der Waals surface area contributed by atoms with Crippen molar-refractivity contribution >= 4 is 0 Å². The van der Waals surface area contributed by atoms with Crippen LogP contribution in [0.3, 0.4) is 0 Å². The number of nitrogens with one attached hydrogen (secondary N) is 1. The van der Waals surface area contributed by atoms with Crippen molar-refractivity contribution in [2.75, 3.05) is 0 Å². The fraction of sp³-hybridized carbons (Fsp3) is 0.500. The summed E-state index contributed by atoms with van der Waals surface area (Å²) in [5.41, 5.74) is 3.90. The van der Waals surface area contributed by atoms with Gasteiger partial charge in [0.05, 0.1) is 0 Å². The Bertz CT molecular complexity index is 600. The summed E-state index contributed by atoms with van der Waals surface area (Å²) < 4.78 is 10.6. The number of nitrogens with zero attached hydrogens (tertiary/aromatic N) is 2. The molecule has 0 radical (unpaired) electrons. The van der Waals surface area contributed by atoms with Gasteiger partial charge in [0.25, 0.3) is 0 Å². The molecule has 5 nitrogen and oxygen atoms in total. The molecule has 1 heterocycles. The van der Waals surface area contributed by atoms with Gasteiger partial charge in [0.15, 0.2) is 0 Å². The van der Waals surface area contributed by atoms with Crippen LogP contribution in [0, 0.1) is 13.8 Å². The first-order chi connectivity index (χ1) is 9.85. The van der Waals surface area contributed by atoms with Crippen molar-refractivity contribution in [1.29, 1.82) is 0 Å². The summed E-state index contributed by atoms with van der Waals surface area (Å²) in [5, 5.41) is 11.1. The third-order valence-corrected chi connectivity index (χ3v) is 3.14. The number of aromatic nitrogens is 2. The molecule has 2 aromatic rings. The first-order valence-electron chi connectivity index (χ1n) is 7.10. The Morgan fingerprint density at radius 1 is 1.19 bits per heavy atom. The zero-order valence-electron chi connectivity index (χ0n) is 13.4. The molecule has 0 amide bonds. The molecule has 0 aliphatic rings. The van der Waals surface area contributed by atoms with E-state index < -0.39 is 0 Å². The molecule has 0 bridgehead atoms. The van der Waals surface area contributed by atoms with Gasteiger partial charge in [-0.2, -0.15) is 0 Å². The Morgan fingerprint density at radius 3 is 2.57 bits per heavy atom. The second kappa shape index (κ2) is 6.26. The SMILES string of the molecule is Cc1ccc(OCc2nonc2C)c(CNC(C)(C)C)c1. The average molecular weight is 289 g/mol. The minimum absolute atomic E-state index is 0.0631. The lowest BCUT2D eigenvalue weighted by molar-refractivity contribution is 0.267. The van der Waals surface area contributed by atoms with Crippen molar-refractivity contribution in [3.63, 3.8) is 0 Å². The number of hydrogen-bond acceptors (Lipinski definition) is 5. The van der Waals surface area contributed by atoms with Gasteiger partial charge in [0.1, 0.15) is 23.7 Å². The topological polar surface area (TPSA) is 60.2 Å². The van der Waals surface area contributed by atoms with E-state index in [1.165, 1.54) is 5.56 Å². The van der Waals surface area contributed by atoms with Crippen molar-refractivity contribution in [3.8, 4) is 5.75 Å². The van der Waals surface area contributed by atoms with Crippen LogP contribution in [0.5, 0.6) is 5.75 Å². The minimum atomic E-state index is 0.0631. The Morgan fingerprint density at radius 2 is 1.95 bits per heavy atom. The van der Waals surface area contributed by atoms with E-state index in [0.29, 0.717) is 6.61 Å². The predicted octanol–water partition coefficient (Wildman–Crippen LogP) is 3.15. The van der Waals surface area contributed by atoms with E-state index in [9.17, 15) is 0 Å². The van der Waals surface area contributed by atoms with Crippen molar-refractivity contribution in [2.24, 2.45) is 0 Å². The molecule has 1 aromatic carbocycles. The van der Waals surface area contributed by atoms with Gasteiger partial charge in [0.2, 0.25) is 0 Å². The van der Waals surface area contributed by atoms with Gasteiger partial charge in [-0.3, -0.25) is 0 Å². The summed E-state index contributed by atoms with van der Waals surface area (Å²) >= 11 is 0. The van der Waals surface area contributed by atoms with Gasteiger partial charge in [-0.1, -0.05) is 28.0 Å². The highest BCUT2D eigenvalue weighted by molar-refractivity contribution is 5.37. The molecule has 0 fully saturated rings. The second-order valence-corrected chi connectivity index (χ2v) is 6.30. The normalized spacial score (nSPS) is 11.7. The van der Waals surface area contributed by atoms with E-state index in [1.807, 2.05) is 19.1 Å². The van der Waals surface area contributed by atoms with Gasteiger partial charge in [-0.15, -0.1) is 0 Å². The largest absolute Gasteiger partial charge is 0.487 e. The lowest BCUT2D eigenvalue weighted by Gasteiger charge is -2.22. The number of aryl methyl sites for hydroxylation is 2. The molecule has 0 atom stereocenters. The van der Waals surface area contributed by atoms with Crippen LogP contribution in [0.1, 0.15) is 43.3 Å². The van der Waals surface area contributed by atoms with E-state index in [0.717, 1.165) is 29.2 Å². The lowest BCUT2D eigenvalue weighted by atomic mass is 10.1. The van der Waals surface area contributed by atoms with Crippen molar-refractivity contribution in [3.05, 3.63) is 40.7 Å². The second-order valence-electron chi connectivity index (χ2n) is 6.30. The van der Waals surface area contributed by atoms with E-state index in [2.05, 4.69) is 54.0 Å². The molecular formula is C16H23N3O2. The van der Waals surface area contributed by atoms with Crippen molar-refractivity contribution in [2.45, 2.75) is 53.3 Å². The Balaban J connectivity index is 2.09. The van der Waals surface area contributed by atoms with Crippen molar-refractivity contribution in [1.82, 2.24) is 15.6 Å². The molecule has 1 N–H and O–H groups in total. The molecule has 0 spiro atoms. The van der Waals surface area contributed by atoms with E-state index in [-0.39, 0.29) is 5.54 Å². The lowest BCUT2D eigenvalue weighted by Crippen LogP contribution is -2.35. The summed E-state index contributed by atoms with van der Waals surface area (Å²) in [5.74, 6) is 0.861. The van der Waals surface area contributed by atoms with Crippen LogP contribution in [0.2, 0.25) is 0 Å². The molecule has 0 aliphatic carbocycles. The van der Waals surface area contributed by atoms with Gasteiger partial charge in [-0.25, -0.2) is 4.63 Å². The van der Waals surface area contributed by atoms with Crippen LogP contribution in [0.4, 0.5) is 0 Å². The molecule has 0 aliphatic heterocycles. The average Bonchev–Trinajstić information content (AvgIpc) is 2.80. The number of ether oxygens (including phenoxy) is 1. The number of benzene rings is 1. The summed E-state index contributed by atoms with van der Waals surface area (Å²) in [6.07, 6.45) is 0. The van der Waals surface area contributed by atoms with E-state index in [1.54, 1.807) is 0 Å². The molecule has 0 saturated carbocycles. The number of rotatable bonds is 5. The maximum Gasteiger partial charge on any atom is 0.145 e. The monoisotopic (exact) mass is 289 g/mol. The maximum atomic E-state index is 5.88. The molecule has 0 saturated heterocycles. The molecule has 114 valence electrons. The highest BCUT2D eigenvalue weighted by Gasteiger charge is 2.12. The van der Waals surface area contributed by atoms with Crippen LogP contribution in [0.25, 0.3) is 0 Å². The van der Waals surface area contributed by atoms with E-state index >= 15 is 0 Å². The Labute approximate surface area is 125 Å². The van der Waals surface area contributed by atoms with Crippen LogP contribution in [0.15, 0.2) is 22.8 Å². The minimum Gasteiger partial charge on any atom is -0.487 e. The maximum absolute atomic E-state index is 5.88. The fourth-order valence-corrected chi connectivity index (χ4v) is 1.87. The standard InChI is InChI=1S/C16H23N3O2/c1-11-6-7-15(13(8-11)9-17-16(3,4)5)20-10-14-12(2)18-21-19-14/h6-8,17H,9-10H2,1-5H3.